The van der Waals surface area contributed by atoms with Crippen LogP contribution in [0.5, 0.6) is 0 Å². The molecule has 0 aromatic carbocycles. The summed E-state index contributed by atoms with van der Waals surface area (Å²) >= 11 is 0. The number of phosphoric ester groups is 2. The zero-order chi connectivity index (χ0) is 64.9. The van der Waals surface area contributed by atoms with Gasteiger partial charge in [0, 0.05) is 25.7 Å². The molecule has 0 saturated heterocycles. The lowest BCUT2D eigenvalue weighted by Crippen LogP contribution is -2.30. The molecule has 0 rings (SSSR count). The lowest BCUT2D eigenvalue weighted by atomic mass is 10.0. The Labute approximate surface area is 537 Å². The van der Waals surface area contributed by atoms with Gasteiger partial charge >= 0.3 is 39.5 Å². The van der Waals surface area contributed by atoms with Crippen molar-refractivity contribution < 1.29 is 80.2 Å². The van der Waals surface area contributed by atoms with E-state index in [1.54, 1.807) is 0 Å². The second-order valence-electron chi connectivity index (χ2n) is 25.4. The van der Waals surface area contributed by atoms with E-state index in [9.17, 15) is 43.2 Å². The smallest absolute Gasteiger partial charge is 0.462 e. The van der Waals surface area contributed by atoms with Gasteiger partial charge < -0.3 is 33.8 Å². The summed E-state index contributed by atoms with van der Waals surface area (Å²) in [6.07, 6.45) is 48.7. The van der Waals surface area contributed by atoms with Crippen LogP contribution in [0.15, 0.2) is 0 Å². The van der Waals surface area contributed by atoms with Crippen molar-refractivity contribution in [3.63, 3.8) is 0 Å². The molecule has 0 aliphatic heterocycles. The van der Waals surface area contributed by atoms with Gasteiger partial charge in [-0.2, -0.15) is 0 Å². The summed E-state index contributed by atoms with van der Waals surface area (Å²) in [5.41, 5.74) is 0. The number of esters is 4. The number of carbonyl (C=O) groups is 4. The van der Waals surface area contributed by atoms with Crippen LogP contribution in [-0.4, -0.2) is 96.7 Å². The average molecular weight is 1300 g/mol. The number of rotatable bonds is 69. The van der Waals surface area contributed by atoms with Crippen molar-refractivity contribution in [3.05, 3.63) is 0 Å². The quantitative estimate of drug-likeness (QED) is 0.0222. The van der Waals surface area contributed by atoms with E-state index in [4.69, 9.17) is 37.0 Å². The molecule has 19 heteroatoms. The van der Waals surface area contributed by atoms with E-state index in [1.807, 2.05) is 0 Å². The SMILES string of the molecule is CCCCCCCCCCCCCCCCC(=O)OC[C@H](COP(=O)(O)OC[C@@H](O)COP(=O)(O)OC[C@@H](COC(=O)CCCCCCCCC)OC(=O)CCCCCCCCCCC)OC(=O)CCCCCCCCCCCCCCCCCC(C)C. The van der Waals surface area contributed by atoms with Crippen LogP contribution < -0.4 is 0 Å². The van der Waals surface area contributed by atoms with E-state index in [1.165, 1.54) is 167 Å². The molecule has 0 fully saturated rings. The second-order valence-corrected chi connectivity index (χ2v) is 28.3. The molecular formula is C69H134O17P2. The van der Waals surface area contributed by atoms with E-state index in [0.717, 1.165) is 109 Å². The third-order valence-electron chi connectivity index (χ3n) is 16.0. The lowest BCUT2D eigenvalue weighted by molar-refractivity contribution is -0.161. The molecule has 0 radical (unpaired) electrons. The number of phosphoric acid groups is 2. The summed E-state index contributed by atoms with van der Waals surface area (Å²) in [6.45, 7) is 7.21. The summed E-state index contributed by atoms with van der Waals surface area (Å²) < 4.78 is 68.1. The molecule has 17 nitrogen and oxygen atoms in total. The van der Waals surface area contributed by atoms with E-state index in [-0.39, 0.29) is 25.7 Å². The molecule has 3 N–H and O–H groups in total. The Hall–Kier alpha value is -1.94. The van der Waals surface area contributed by atoms with Crippen LogP contribution >= 0.6 is 15.6 Å². The van der Waals surface area contributed by atoms with Crippen LogP contribution in [0.4, 0.5) is 0 Å². The second kappa shape index (κ2) is 62.5. The Bertz CT molecular complexity index is 1700. The molecule has 88 heavy (non-hydrogen) atoms. The molecule has 2 unspecified atom stereocenters. The van der Waals surface area contributed by atoms with Gasteiger partial charge in [-0.05, 0) is 31.6 Å². The number of aliphatic hydroxyl groups is 1. The van der Waals surface area contributed by atoms with Gasteiger partial charge in [-0.15, -0.1) is 0 Å². The molecular weight excluding hydrogens is 1160 g/mol. The highest BCUT2D eigenvalue weighted by atomic mass is 31.2. The monoisotopic (exact) mass is 1300 g/mol. The number of unbranched alkanes of at least 4 members (excludes halogenated alkanes) is 41. The molecule has 0 saturated carbocycles. The average Bonchev–Trinajstić information content (AvgIpc) is 3.70. The largest absolute Gasteiger partial charge is 0.472 e. The Kier molecular flexibility index (Phi) is 61.1. The van der Waals surface area contributed by atoms with Gasteiger partial charge in [-0.3, -0.25) is 37.3 Å². The maximum Gasteiger partial charge on any atom is 0.472 e. The highest BCUT2D eigenvalue weighted by Crippen LogP contribution is 2.45. The summed E-state index contributed by atoms with van der Waals surface area (Å²) in [4.78, 5) is 72.3. The first-order chi connectivity index (χ1) is 42.5. The van der Waals surface area contributed by atoms with Crippen LogP contribution in [0.25, 0.3) is 0 Å². The maximum atomic E-state index is 13.0. The van der Waals surface area contributed by atoms with Gasteiger partial charge in [0.15, 0.2) is 12.2 Å². The molecule has 0 aromatic rings. The third kappa shape index (κ3) is 62.8. The van der Waals surface area contributed by atoms with Gasteiger partial charge in [-0.25, -0.2) is 9.13 Å². The Morgan fingerprint density at radius 2 is 0.523 bits per heavy atom. The van der Waals surface area contributed by atoms with Crippen molar-refractivity contribution in [2.45, 2.75) is 374 Å². The highest BCUT2D eigenvalue weighted by Gasteiger charge is 2.30. The highest BCUT2D eigenvalue weighted by molar-refractivity contribution is 7.47. The molecule has 0 spiro atoms. The minimum atomic E-state index is -4.95. The lowest BCUT2D eigenvalue weighted by Gasteiger charge is -2.21. The predicted molar refractivity (Wildman–Crippen MR) is 354 cm³/mol. The van der Waals surface area contributed by atoms with Gasteiger partial charge in [0.25, 0.3) is 0 Å². The summed E-state index contributed by atoms with van der Waals surface area (Å²) in [7, 11) is -9.89. The molecule has 0 aliphatic rings. The van der Waals surface area contributed by atoms with E-state index in [0.29, 0.717) is 25.7 Å². The fourth-order valence-corrected chi connectivity index (χ4v) is 12.0. The minimum Gasteiger partial charge on any atom is -0.462 e. The number of hydrogen-bond donors (Lipinski definition) is 3. The van der Waals surface area contributed by atoms with Crippen LogP contribution in [-0.2, 0) is 65.4 Å². The summed E-state index contributed by atoms with van der Waals surface area (Å²) in [6, 6.07) is 0. The summed E-state index contributed by atoms with van der Waals surface area (Å²) in [5, 5.41) is 10.6. The normalized spacial score (nSPS) is 14.1. The Morgan fingerprint density at radius 1 is 0.307 bits per heavy atom. The Morgan fingerprint density at radius 3 is 0.773 bits per heavy atom. The van der Waals surface area contributed by atoms with Gasteiger partial charge in [0.1, 0.15) is 19.3 Å². The third-order valence-corrected chi connectivity index (χ3v) is 17.9. The van der Waals surface area contributed by atoms with E-state index >= 15 is 0 Å². The maximum absolute atomic E-state index is 13.0. The zero-order valence-electron chi connectivity index (χ0n) is 56.9. The first-order valence-electron chi connectivity index (χ1n) is 36.1. The van der Waals surface area contributed by atoms with Crippen LogP contribution in [0.1, 0.15) is 356 Å². The minimum absolute atomic E-state index is 0.106. The van der Waals surface area contributed by atoms with Crippen molar-refractivity contribution in [3.8, 4) is 0 Å². The molecule has 0 bridgehead atoms. The topological polar surface area (TPSA) is 237 Å². The van der Waals surface area contributed by atoms with E-state index < -0.39 is 97.5 Å². The summed E-state index contributed by atoms with van der Waals surface area (Å²) in [5.74, 6) is -1.33. The van der Waals surface area contributed by atoms with Crippen molar-refractivity contribution in [1.29, 1.82) is 0 Å². The molecule has 522 valence electrons. The fraction of sp³-hybridized carbons (Fsp3) is 0.942. The first kappa shape index (κ1) is 86.1. The fourth-order valence-electron chi connectivity index (χ4n) is 10.5. The van der Waals surface area contributed by atoms with Crippen LogP contribution in [0.3, 0.4) is 0 Å². The van der Waals surface area contributed by atoms with Gasteiger partial charge in [0.2, 0.25) is 0 Å². The number of hydrogen-bond acceptors (Lipinski definition) is 15. The van der Waals surface area contributed by atoms with Crippen LogP contribution in [0.2, 0.25) is 0 Å². The van der Waals surface area contributed by atoms with E-state index in [2.05, 4.69) is 34.6 Å². The molecule has 0 aliphatic carbocycles. The molecule has 5 atom stereocenters. The van der Waals surface area contributed by atoms with Crippen LogP contribution in [0, 0.1) is 5.92 Å². The number of ether oxygens (including phenoxy) is 4. The molecule has 0 amide bonds. The molecule has 0 heterocycles. The standard InChI is InChI=1S/C69H134O17P2/c1-6-9-12-15-18-20-21-22-27-30-34-38-43-48-53-67(72)80-59-65(86-69(74)55-50-45-40-35-31-28-25-23-24-26-29-33-37-41-46-51-62(4)5)61-84-88(77,78)82-57-63(70)56-81-87(75,76)83-60-64(58-79-66(71)52-47-42-36-17-14-11-8-3)85-68(73)54-49-44-39-32-19-16-13-10-7-2/h62-65,70H,6-61H2,1-5H3,(H,75,76)(H,77,78)/t63-,64+,65+/m0/s1. The van der Waals surface area contributed by atoms with Gasteiger partial charge in [-0.1, -0.05) is 304 Å². The predicted octanol–water partition coefficient (Wildman–Crippen LogP) is 19.7. The van der Waals surface area contributed by atoms with Crippen molar-refractivity contribution in [1.82, 2.24) is 0 Å². The molecule has 0 aromatic heterocycles. The van der Waals surface area contributed by atoms with Gasteiger partial charge in [0.05, 0.1) is 26.4 Å². The van der Waals surface area contributed by atoms with Crippen molar-refractivity contribution >= 4 is 39.5 Å². The number of aliphatic hydroxyl groups excluding tert-OH is 1. The number of carbonyl (C=O) groups excluding carboxylic acids is 4. The first-order valence-corrected chi connectivity index (χ1v) is 39.1. The zero-order valence-corrected chi connectivity index (χ0v) is 58.6. The van der Waals surface area contributed by atoms with Crippen molar-refractivity contribution in [2.24, 2.45) is 5.92 Å². The van der Waals surface area contributed by atoms with Crippen molar-refractivity contribution in [2.75, 3.05) is 39.6 Å². The Balaban J connectivity index is 5.18.